The van der Waals surface area contributed by atoms with E-state index in [0.29, 0.717) is 5.56 Å². The third kappa shape index (κ3) is 4.61. The molecular weight excluding hydrogens is 246 g/mol. The van der Waals surface area contributed by atoms with Crippen LogP contribution in [-0.4, -0.2) is 31.6 Å². The molecule has 0 aliphatic heterocycles. The van der Waals surface area contributed by atoms with E-state index in [4.69, 9.17) is 4.74 Å². The van der Waals surface area contributed by atoms with Gasteiger partial charge in [-0.25, -0.2) is 4.79 Å². The second-order valence-corrected chi connectivity index (χ2v) is 5.13. The Kier molecular flexibility index (Phi) is 6.65. The summed E-state index contributed by atoms with van der Waals surface area (Å²) in [5.74, 6) is 0.923. The lowest BCUT2D eigenvalue weighted by atomic mass is 10.1. The smallest absolute Gasteiger partial charge is 0.337 e. The van der Waals surface area contributed by atoms with Crippen molar-refractivity contribution in [3.05, 3.63) is 29.3 Å². The van der Waals surface area contributed by atoms with E-state index in [9.17, 15) is 4.79 Å². The van der Waals surface area contributed by atoms with Gasteiger partial charge in [0, 0.05) is 12.2 Å². The number of aryl methyl sites for hydroxylation is 1. The van der Waals surface area contributed by atoms with Crippen LogP contribution >= 0.6 is 11.8 Å². The Morgan fingerprint density at radius 2 is 2.17 bits per heavy atom. The Labute approximate surface area is 113 Å². The van der Waals surface area contributed by atoms with Crippen LogP contribution in [0.2, 0.25) is 0 Å². The molecule has 0 unspecified atom stereocenters. The number of benzene rings is 1. The highest BCUT2D eigenvalue weighted by molar-refractivity contribution is 7.98. The SMILES string of the molecule is COC(=O)c1ccc(NCCCCSC)c(C)c1. The molecule has 0 amide bonds. The zero-order valence-electron chi connectivity index (χ0n) is 11.3. The highest BCUT2D eigenvalue weighted by Crippen LogP contribution is 2.17. The minimum atomic E-state index is -0.287. The molecule has 0 saturated heterocycles. The van der Waals surface area contributed by atoms with Crippen LogP contribution in [0.1, 0.15) is 28.8 Å². The van der Waals surface area contributed by atoms with Crippen molar-refractivity contribution >= 4 is 23.4 Å². The van der Waals surface area contributed by atoms with Gasteiger partial charge in [0.1, 0.15) is 0 Å². The third-order valence-electron chi connectivity index (χ3n) is 2.74. The second kappa shape index (κ2) is 8.03. The van der Waals surface area contributed by atoms with E-state index < -0.39 is 0 Å². The topological polar surface area (TPSA) is 38.3 Å². The first kappa shape index (κ1) is 14.9. The largest absolute Gasteiger partial charge is 0.465 e. The summed E-state index contributed by atoms with van der Waals surface area (Å²) in [5, 5.41) is 3.39. The van der Waals surface area contributed by atoms with Crippen LogP contribution in [0.15, 0.2) is 18.2 Å². The number of ether oxygens (including phenoxy) is 1. The predicted octanol–water partition coefficient (Wildman–Crippen LogP) is 3.34. The van der Waals surface area contributed by atoms with Crippen molar-refractivity contribution in [3.63, 3.8) is 0 Å². The number of methoxy groups -OCH3 is 1. The van der Waals surface area contributed by atoms with Gasteiger partial charge in [-0.2, -0.15) is 11.8 Å². The van der Waals surface area contributed by atoms with Gasteiger partial charge in [0.05, 0.1) is 12.7 Å². The molecule has 0 aliphatic rings. The van der Waals surface area contributed by atoms with Gasteiger partial charge in [-0.15, -0.1) is 0 Å². The molecule has 0 spiro atoms. The van der Waals surface area contributed by atoms with Crippen LogP contribution in [0.3, 0.4) is 0 Å². The molecule has 0 aliphatic carbocycles. The van der Waals surface area contributed by atoms with E-state index in [1.54, 1.807) is 6.07 Å². The summed E-state index contributed by atoms with van der Waals surface area (Å²) in [4.78, 5) is 11.4. The minimum absolute atomic E-state index is 0.287. The van der Waals surface area contributed by atoms with Gasteiger partial charge in [0.2, 0.25) is 0 Å². The van der Waals surface area contributed by atoms with Crippen molar-refractivity contribution < 1.29 is 9.53 Å². The number of esters is 1. The number of anilines is 1. The van der Waals surface area contributed by atoms with Crippen LogP contribution in [0.4, 0.5) is 5.69 Å². The summed E-state index contributed by atoms with van der Waals surface area (Å²) in [6, 6.07) is 5.59. The Balaban J connectivity index is 2.49. The lowest BCUT2D eigenvalue weighted by Crippen LogP contribution is -2.06. The lowest BCUT2D eigenvalue weighted by molar-refractivity contribution is 0.0600. The highest BCUT2D eigenvalue weighted by atomic mass is 32.2. The van der Waals surface area contributed by atoms with Crippen LogP contribution in [0.25, 0.3) is 0 Å². The molecule has 0 radical (unpaired) electrons. The fourth-order valence-electron chi connectivity index (χ4n) is 1.70. The van der Waals surface area contributed by atoms with Gasteiger partial charge in [-0.05, 0) is 55.5 Å². The maximum atomic E-state index is 11.4. The number of nitrogens with one attached hydrogen (secondary N) is 1. The maximum absolute atomic E-state index is 11.4. The molecule has 0 fully saturated rings. The van der Waals surface area contributed by atoms with E-state index in [-0.39, 0.29) is 5.97 Å². The molecule has 0 bridgehead atoms. The number of carbonyl (C=O) groups is 1. The van der Waals surface area contributed by atoms with Crippen LogP contribution in [0, 0.1) is 6.92 Å². The third-order valence-corrected chi connectivity index (χ3v) is 3.44. The summed E-state index contributed by atoms with van der Waals surface area (Å²) in [6.07, 6.45) is 4.52. The van der Waals surface area contributed by atoms with Crippen molar-refractivity contribution in [3.8, 4) is 0 Å². The van der Waals surface area contributed by atoms with Gasteiger partial charge >= 0.3 is 5.97 Å². The van der Waals surface area contributed by atoms with Crippen molar-refractivity contribution in [1.29, 1.82) is 0 Å². The Morgan fingerprint density at radius 3 is 2.78 bits per heavy atom. The van der Waals surface area contributed by atoms with E-state index in [2.05, 4.69) is 11.6 Å². The van der Waals surface area contributed by atoms with Crippen molar-refractivity contribution in [2.75, 3.05) is 31.0 Å². The zero-order chi connectivity index (χ0) is 13.4. The van der Waals surface area contributed by atoms with E-state index in [1.807, 2.05) is 30.8 Å². The molecule has 3 nitrogen and oxygen atoms in total. The Bertz CT molecular complexity index is 393. The van der Waals surface area contributed by atoms with Crippen LogP contribution in [0.5, 0.6) is 0 Å². The number of carbonyl (C=O) groups excluding carboxylic acids is 1. The number of unbranched alkanes of at least 4 members (excludes halogenated alkanes) is 1. The molecule has 18 heavy (non-hydrogen) atoms. The van der Waals surface area contributed by atoms with Gasteiger partial charge < -0.3 is 10.1 Å². The van der Waals surface area contributed by atoms with E-state index >= 15 is 0 Å². The molecule has 4 heteroatoms. The lowest BCUT2D eigenvalue weighted by Gasteiger charge is -2.10. The molecule has 100 valence electrons. The van der Waals surface area contributed by atoms with Crippen LogP contribution in [-0.2, 0) is 4.74 Å². The molecule has 0 heterocycles. The standard InChI is InChI=1S/C14H21NO2S/c1-11-10-12(14(16)17-2)6-7-13(11)15-8-4-5-9-18-3/h6-7,10,15H,4-5,8-9H2,1-3H3. The fraction of sp³-hybridized carbons (Fsp3) is 0.500. The predicted molar refractivity (Wildman–Crippen MR) is 78.6 cm³/mol. The van der Waals surface area contributed by atoms with Crippen LogP contribution < -0.4 is 5.32 Å². The molecule has 0 atom stereocenters. The number of thioether (sulfide) groups is 1. The van der Waals surface area contributed by atoms with Crippen molar-refractivity contribution in [2.24, 2.45) is 0 Å². The number of hydrogen-bond donors (Lipinski definition) is 1. The van der Waals surface area contributed by atoms with Gasteiger partial charge in [-0.1, -0.05) is 0 Å². The minimum Gasteiger partial charge on any atom is -0.465 e. The highest BCUT2D eigenvalue weighted by Gasteiger charge is 2.06. The first-order chi connectivity index (χ1) is 8.69. The van der Waals surface area contributed by atoms with Crippen molar-refractivity contribution in [1.82, 2.24) is 0 Å². The van der Waals surface area contributed by atoms with E-state index in [1.165, 1.54) is 25.7 Å². The molecule has 1 aromatic carbocycles. The summed E-state index contributed by atoms with van der Waals surface area (Å²) in [5.41, 5.74) is 2.76. The summed E-state index contributed by atoms with van der Waals surface area (Å²) in [6.45, 7) is 2.97. The second-order valence-electron chi connectivity index (χ2n) is 4.15. The number of rotatable bonds is 7. The fourth-order valence-corrected chi connectivity index (χ4v) is 2.19. The average Bonchev–Trinajstić information content (AvgIpc) is 2.39. The molecule has 1 N–H and O–H groups in total. The summed E-state index contributed by atoms with van der Waals surface area (Å²) < 4.78 is 4.69. The molecule has 1 rings (SSSR count). The monoisotopic (exact) mass is 267 g/mol. The molecule has 1 aromatic rings. The quantitative estimate of drug-likeness (QED) is 0.607. The Morgan fingerprint density at radius 1 is 1.39 bits per heavy atom. The van der Waals surface area contributed by atoms with Gasteiger partial charge in [0.15, 0.2) is 0 Å². The maximum Gasteiger partial charge on any atom is 0.337 e. The first-order valence-corrected chi connectivity index (χ1v) is 7.50. The van der Waals surface area contributed by atoms with Crippen molar-refractivity contribution in [2.45, 2.75) is 19.8 Å². The molecular formula is C14H21NO2S. The van der Waals surface area contributed by atoms with Gasteiger partial charge in [-0.3, -0.25) is 0 Å². The first-order valence-electron chi connectivity index (χ1n) is 6.11. The molecule has 0 aromatic heterocycles. The summed E-state index contributed by atoms with van der Waals surface area (Å²) in [7, 11) is 1.40. The van der Waals surface area contributed by atoms with E-state index in [0.717, 1.165) is 17.8 Å². The molecule has 0 saturated carbocycles. The normalized spacial score (nSPS) is 10.2. The average molecular weight is 267 g/mol. The number of hydrogen-bond acceptors (Lipinski definition) is 4. The Hall–Kier alpha value is -1.16. The summed E-state index contributed by atoms with van der Waals surface area (Å²) >= 11 is 1.88. The van der Waals surface area contributed by atoms with Gasteiger partial charge in [0.25, 0.3) is 0 Å². The zero-order valence-corrected chi connectivity index (χ0v) is 12.1.